The lowest BCUT2D eigenvalue weighted by Gasteiger charge is -2.30. The van der Waals surface area contributed by atoms with Gasteiger partial charge in [0.05, 0.1) is 12.7 Å². The van der Waals surface area contributed by atoms with Crippen LogP contribution in [0.3, 0.4) is 0 Å². The SMILES string of the molecule is CCOC(=O)C(C)NC(=O)C1(C#N)CCCCC1. The van der Waals surface area contributed by atoms with Gasteiger partial charge in [-0.05, 0) is 26.7 Å². The summed E-state index contributed by atoms with van der Waals surface area (Å²) in [6.45, 7) is 3.57. The molecule has 100 valence electrons. The molecule has 1 fully saturated rings. The molecule has 18 heavy (non-hydrogen) atoms. The van der Waals surface area contributed by atoms with Crippen LogP contribution < -0.4 is 5.32 Å². The smallest absolute Gasteiger partial charge is 0.328 e. The minimum Gasteiger partial charge on any atom is -0.464 e. The Morgan fingerprint density at radius 1 is 1.39 bits per heavy atom. The van der Waals surface area contributed by atoms with Crippen LogP contribution in [0, 0.1) is 16.7 Å². The second-order valence-corrected chi connectivity index (χ2v) is 4.70. The first kappa shape index (κ1) is 14.5. The molecule has 0 radical (unpaired) electrons. The van der Waals surface area contributed by atoms with Gasteiger partial charge in [0.1, 0.15) is 11.5 Å². The summed E-state index contributed by atoms with van der Waals surface area (Å²) in [6.07, 6.45) is 3.98. The third-order valence-corrected chi connectivity index (χ3v) is 3.34. The Labute approximate surface area is 107 Å². The summed E-state index contributed by atoms with van der Waals surface area (Å²) in [4.78, 5) is 23.6. The molecule has 0 aromatic heterocycles. The molecule has 0 aromatic rings. The van der Waals surface area contributed by atoms with Gasteiger partial charge >= 0.3 is 5.97 Å². The van der Waals surface area contributed by atoms with Crippen LogP contribution in [0.4, 0.5) is 0 Å². The molecule has 0 saturated heterocycles. The van der Waals surface area contributed by atoms with E-state index in [2.05, 4.69) is 11.4 Å². The second-order valence-electron chi connectivity index (χ2n) is 4.70. The standard InChI is InChI=1S/C13H20N2O3/c1-3-18-11(16)10(2)15-12(17)13(9-14)7-5-4-6-8-13/h10H,3-8H2,1-2H3,(H,15,17). The van der Waals surface area contributed by atoms with Crippen molar-refractivity contribution in [1.29, 1.82) is 5.26 Å². The van der Waals surface area contributed by atoms with Crippen molar-refractivity contribution in [3.05, 3.63) is 0 Å². The Morgan fingerprint density at radius 3 is 2.50 bits per heavy atom. The number of nitrogens with one attached hydrogen (secondary N) is 1. The molecule has 1 aliphatic carbocycles. The van der Waals surface area contributed by atoms with E-state index in [0.717, 1.165) is 19.3 Å². The van der Waals surface area contributed by atoms with Crippen molar-refractivity contribution < 1.29 is 14.3 Å². The van der Waals surface area contributed by atoms with Gasteiger partial charge in [0.2, 0.25) is 5.91 Å². The van der Waals surface area contributed by atoms with Crippen LogP contribution in [-0.4, -0.2) is 24.5 Å². The highest BCUT2D eigenvalue weighted by Gasteiger charge is 2.40. The van der Waals surface area contributed by atoms with Crippen LogP contribution in [0.5, 0.6) is 0 Å². The summed E-state index contributed by atoms with van der Waals surface area (Å²) in [6, 6.07) is 1.43. The zero-order valence-electron chi connectivity index (χ0n) is 11.0. The second kappa shape index (κ2) is 6.39. The molecular formula is C13H20N2O3. The van der Waals surface area contributed by atoms with Crippen molar-refractivity contribution in [2.45, 2.75) is 52.0 Å². The largest absolute Gasteiger partial charge is 0.464 e. The van der Waals surface area contributed by atoms with Crippen LogP contribution in [-0.2, 0) is 14.3 Å². The molecule has 1 N–H and O–H groups in total. The number of carbonyl (C=O) groups is 2. The number of hydrogen-bond acceptors (Lipinski definition) is 4. The predicted molar refractivity (Wildman–Crippen MR) is 65.4 cm³/mol. The molecule has 1 atom stereocenters. The third-order valence-electron chi connectivity index (χ3n) is 3.34. The summed E-state index contributed by atoms with van der Waals surface area (Å²) in [5.74, 6) is -0.806. The van der Waals surface area contributed by atoms with Crippen molar-refractivity contribution in [3.63, 3.8) is 0 Å². The Morgan fingerprint density at radius 2 is 2.00 bits per heavy atom. The summed E-state index contributed by atoms with van der Waals surface area (Å²) in [5, 5.41) is 11.8. The number of rotatable bonds is 4. The Balaban J connectivity index is 2.63. The van der Waals surface area contributed by atoms with Gasteiger partial charge in [-0.15, -0.1) is 0 Å². The molecule has 1 rings (SSSR count). The molecule has 0 aliphatic heterocycles. The molecule has 5 heteroatoms. The van der Waals surface area contributed by atoms with E-state index in [1.165, 1.54) is 0 Å². The molecule has 1 aliphatic rings. The number of nitrogens with zero attached hydrogens (tertiary/aromatic N) is 1. The van der Waals surface area contributed by atoms with Crippen LogP contribution in [0.1, 0.15) is 46.0 Å². The number of carbonyl (C=O) groups excluding carboxylic acids is 2. The van der Waals surface area contributed by atoms with E-state index < -0.39 is 17.4 Å². The molecule has 0 bridgehead atoms. The Bertz CT molecular complexity index is 354. The summed E-state index contributed by atoms with van der Waals surface area (Å²) >= 11 is 0. The van der Waals surface area contributed by atoms with E-state index in [-0.39, 0.29) is 12.5 Å². The lowest BCUT2D eigenvalue weighted by Crippen LogP contribution is -2.48. The minimum atomic E-state index is -0.959. The van der Waals surface area contributed by atoms with Crippen LogP contribution >= 0.6 is 0 Å². The van der Waals surface area contributed by atoms with Crippen molar-refractivity contribution in [2.75, 3.05) is 6.61 Å². The summed E-state index contributed by atoms with van der Waals surface area (Å²) < 4.78 is 4.82. The van der Waals surface area contributed by atoms with E-state index in [1.54, 1.807) is 13.8 Å². The van der Waals surface area contributed by atoms with Crippen molar-refractivity contribution in [2.24, 2.45) is 5.41 Å². The highest BCUT2D eigenvalue weighted by Crippen LogP contribution is 2.35. The molecule has 1 unspecified atom stereocenters. The van der Waals surface area contributed by atoms with E-state index >= 15 is 0 Å². The highest BCUT2D eigenvalue weighted by molar-refractivity contribution is 5.89. The number of amides is 1. The predicted octanol–water partition coefficient (Wildman–Crippen LogP) is 1.53. The molecule has 0 heterocycles. The maximum atomic E-state index is 12.1. The number of nitriles is 1. The molecule has 1 saturated carbocycles. The van der Waals surface area contributed by atoms with Gasteiger partial charge in [0.15, 0.2) is 0 Å². The summed E-state index contributed by atoms with van der Waals surface area (Å²) in [5.41, 5.74) is -0.959. The zero-order valence-corrected chi connectivity index (χ0v) is 11.0. The normalized spacial score (nSPS) is 19.4. The highest BCUT2D eigenvalue weighted by atomic mass is 16.5. The third kappa shape index (κ3) is 3.22. The molecular weight excluding hydrogens is 232 g/mol. The average Bonchev–Trinajstić information content (AvgIpc) is 2.39. The molecule has 0 spiro atoms. The van der Waals surface area contributed by atoms with Gasteiger partial charge in [0, 0.05) is 0 Å². The van der Waals surface area contributed by atoms with Gasteiger partial charge in [-0.3, -0.25) is 4.79 Å². The van der Waals surface area contributed by atoms with Gasteiger partial charge in [-0.25, -0.2) is 4.79 Å². The number of ether oxygens (including phenoxy) is 1. The average molecular weight is 252 g/mol. The van der Waals surface area contributed by atoms with E-state index in [9.17, 15) is 14.9 Å². The van der Waals surface area contributed by atoms with Crippen LogP contribution in [0.25, 0.3) is 0 Å². The summed E-state index contributed by atoms with van der Waals surface area (Å²) in [7, 11) is 0. The first-order valence-corrected chi connectivity index (χ1v) is 6.44. The van der Waals surface area contributed by atoms with Crippen molar-refractivity contribution >= 4 is 11.9 Å². The van der Waals surface area contributed by atoms with Crippen LogP contribution in [0.15, 0.2) is 0 Å². The molecule has 1 amide bonds. The van der Waals surface area contributed by atoms with Gasteiger partial charge in [-0.2, -0.15) is 5.26 Å². The first-order valence-electron chi connectivity index (χ1n) is 6.44. The van der Waals surface area contributed by atoms with Crippen LogP contribution in [0.2, 0.25) is 0 Å². The minimum absolute atomic E-state index is 0.280. The van der Waals surface area contributed by atoms with Crippen molar-refractivity contribution in [1.82, 2.24) is 5.32 Å². The monoisotopic (exact) mass is 252 g/mol. The molecule has 5 nitrogen and oxygen atoms in total. The Hall–Kier alpha value is -1.57. The maximum Gasteiger partial charge on any atom is 0.328 e. The van der Waals surface area contributed by atoms with Gasteiger partial charge in [-0.1, -0.05) is 19.3 Å². The number of hydrogen-bond donors (Lipinski definition) is 1. The fourth-order valence-electron chi connectivity index (χ4n) is 2.21. The van der Waals surface area contributed by atoms with Crippen molar-refractivity contribution in [3.8, 4) is 6.07 Å². The molecule has 0 aromatic carbocycles. The van der Waals surface area contributed by atoms with Gasteiger partial charge < -0.3 is 10.1 Å². The Kier molecular flexibility index (Phi) is 5.14. The zero-order chi connectivity index (χ0) is 13.6. The van der Waals surface area contributed by atoms with Gasteiger partial charge in [0.25, 0.3) is 0 Å². The lowest BCUT2D eigenvalue weighted by atomic mass is 9.74. The fraction of sp³-hybridized carbons (Fsp3) is 0.769. The lowest BCUT2D eigenvalue weighted by molar-refractivity contribution is -0.148. The quantitative estimate of drug-likeness (QED) is 0.769. The fourth-order valence-corrected chi connectivity index (χ4v) is 2.21. The van der Waals surface area contributed by atoms with E-state index in [4.69, 9.17) is 4.74 Å². The topological polar surface area (TPSA) is 79.2 Å². The first-order chi connectivity index (χ1) is 8.55. The van der Waals surface area contributed by atoms with E-state index in [1.807, 2.05) is 0 Å². The maximum absolute atomic E-state index is 12.1. The number of esters is 1. The van der Waals surface area contributed by atoms with E-state index in [0.29, 0.717) is 12.8 Å².